The maximum atomic E-state index is 9.64. The third-order valence-electron chi connectivity index (χ3n) is 3.15. The molecule has 1 aromatic rings. The molecule has 0 aliphatic carbocycles. The largest absolute Gasteiger partial charge is 0.550 e. The number of carbonyl (C=O) groups is 3. The Morgan fingerprint density at radius 2 is 1.46 bits per heavy atom. The van der Waals surface area contributed by atoms with E-state index in [1.807, 2.05) is 0 Å². The van der Waals surface area contributed by atoms with Crippen molar-refractivity contribution in [2.24, 2.45) is 7.05 Å². The van der Waals surface area contributed by atoms with Crippen LogP contribution in [-0.4, -0.2) is 32.7 Å². The van der Waals surface area contributed by atoms with Gasteiger partial charge in [-0.05, 0) is 19.8 Å². The lowest BCUT2D eigenvalue weighted by atomic mass is 10.1. The van der Waals surface area contributed by atoms with E-state index in [-0.39, 0.29) is 12.8 Å². The molecule has 1 rings (SSSR count). The molecule has 0 aliphatic rings. The number of carboxylic acid groups (broad SMARTS) is 3. The van der Waals surface area contributed by atoms with E-state index < -0.39 is 17.9 Å². The molecule has 1 aromatic heterocycles. The van der Waals surface area contributed by atoms with Gasteiger partial charge in [-0.3, -0.25) is 9.59 Å². The van der Waals surface area contributed by atoms with E-state index in [4.69, 9.17) is 20.1 Å². The summed E-state index contributed by atoms with van der Waals surface area (Å²) in [7, 11) is 2.07. The van der Waals surface area contributed by atoms with Crippen LogP contribution in [0.3, 0.4) is 0 Å². The fourth-order valence-electron chi connectivity index (χ4n) is 1.92. The Kier molecular flexibility index (Phi) is 17.3. The summed E-state index contributed by atoms with van der Waals surface area (Å²) in [6.07, 6.45) is 14.0. The van der Waals surface area contributed by atoms with Gasteiger partial charge in [0.2, 0.25) is 6.33 Å². The number of carboxylic acids is 3. The molecule has 0 bridgehead atoms. The van der Waals surface area contributed by atoms with Crippen LogP contribution in [0.25, 0.3) is 0 Å². The Labute approximate surface area is 155 Å². The van der Waals surface area contributed by atoms with E-state index in [9.17, 15) is 9.59 Å². The molecule has 8 heteroatoms. The number of rotatable bonds is 10. The van der Waals surface area contributed by atoms with E-state index in [1.54, 1.807) is 0 Å². The first-order chi connectivity index (χ1) is 12.2. The Morgan fingerprint density at radius 3 is 1.85 bits per heavy atom. The number of unbranched alkanes of at least 4 members (excludes halogenated alkanes) is 5. The maximum absolute atomic E-state index is 9.64. The highest BCUT2D eigenvalue weighted by molar-refractivity contribution is 5.75. The number of nitrogens with zero attached hydrogens (tertiary/aromatic N) is 2. The van der Waals surface area contributed by atoms with Gasteiger partial charge in [-0.15, -0.1) is 0 Å². The van der Waals surface area contributed by atoms with Crippen molar-refractivity contribution < 1.29 is 34.3 Å². The normalized spacial score (nSPS) is 9.35. The Balaban J connectivity index is 0. The minimum atomic E-state index is -1.08. The first-order valence-corrected chi connectivity index (χ1v) is 8.81. The molecule has 0 saturated heterocycles. The Morgan fingerprint density at radius 1 is 1.00 bits per heavy atom. The zero-order valence-corrected chi connectivity index (χ0v) is 16.0. The molecule has 150 valence electrons. The average Bonchev–Trinajstić information content (AvgIpc) is 2.94. The molecule has 2 N–H and O–H groups in total. The van der Waals surface area contributed by atoms with Crippen LogP contribution < -0.4 is 9.67 Å². The summed E-state index contributed by atoms with van der Waals surface area (Å²) >= 11 is 0. The molecule has 8 nitrogen and oxygen atoms in total. The van der Waals surface area contributed by atoms with Gasteiger partial charge in [-0.2, -0.15) is 0 Å². The number of imidazole rings is 1. The number of hydrogen-bond acceptors (Lipinski definition) is 4. The van der Waals surface area contributed by atoms with Crippen molar-refractivity contribution in [3.05, 3.63) is 18.7 Å². The third-order valence-corrected chi connectivity index (χ3v) is 3.15. The first-order valence-electron chi connectivity index (χ1n) is 8.81. The summed E-state index contributed by atoms with van der Waals surface area (Å²) in [5.41, 5.74) is 0. The number of aromatic nitrogens is 2. The summed E-state index contributed by atoms with van der Waals surface area (Å²) in [6.45, 7) is 4.41. The summed E-state index contributed by atoms with van der Waals surface area (Å²) in [5.74, 6) is -3.24. The van der Waals surface area contributed by atoms with Crippen LogP contribution in [-0.2, 0) is 28.0 Å². The molecule has 26 heavy (non-hydrogen) atoms. The van der Waals surface area contributed by atoms with Crippen molar-refractivity contribution in [1.29, 1.82) is 0 Å². The van der Waals surface area contributed by atoms with Crippen LogP contribution in [0, 0.1) is 0 Å². The van der Waals surface area contributed by atoms with Gasteiger partial charge >= 0.3 is 11.9 Å². The highest BCUT2D eigenvalue weighted by Gasteiger charge is 2.00. The number of aryl methyl sites for hydroxylation is 2. The van der Waals surface area contributed by atoms with Crippen LogP contribution in [0.15, 0.2) is 18.7 Å². The molecule has 0 saturated carbocycles. The van der Waals surface area contributed by atoms with E-state index >= 15 is 0 Å². The standard InChI is InChI=1S/C12H23N2.C4H6O4.C2H4O2/c1-3-4-5-6-7-8-9-14-11-10-13(2)12-14;5-3(6)1-2-4(7)8;1-2(3)4/h10-12H,3-9H2,1-2H3;1-2H2,(H,5,6)(H,7,8);1H3,(H,3,4)/q+1;;/p-1. The Hall–Kier alpha value is -2.38. The van der Waals surface area contributed by atoms with Crippen LogP contribution in [0.5, 0.6) is 0 Å². The van der Waals surface area contributed by atoms with Crippen molar-refractivity contribution in [3.63, 3.8) is 0 Å². The molecule has 0 aliphatic heterocycles. The van der Waals surface area contributed by atoms with Crippen molar-refractivity contribution in [3.8, 4) is 0 Å². The molecular formula is C18H32N2O6. The highest BCUT2D eigenvalue weighted by Crippen LogP contribution is 2.04. The quantitative estimate of drug-likeness (QED) is 0.472. The van der Waals surface area contributed by atoms with E-state index in [2.05, 4.69) is 41.8 Å². The number of aliphatic carboxylic acids is 3. The molecule has 0 aromatic carbocycles. The van der Waals surface area contributed by atoms with Crippen LogP contribution in [0.1, 0.15) is 65.2 Å². The van der Waals surface area contributed by atoms with Gasteiger partial charge in [0.1, 0.15) is 12.4 Å². The fraction of sp³-hybridized carbons (Fsp3) is 0.667. The minimum absolute atomic E-state index is 0.296. The number of carbonyl (C=O) groups excluding carboxylic acids is 1. The van der Waals surface area contributed by atoms with Crippen LogP contribution in [0.2, 0.25) is 0 Å². The Bertz CT molecular complexity index is 496. The lowest BCUT2D eigenvalue weighted by molar-refractivity contribution is -0.696. The van der Waals surface area contributed by atoms with E-state index in [0.29, 0.717) is 0 Å². The summed E-state index contributed by atoms with van der Waals surface area (Å²) in [4.78, 5) is 28.2. The molecule has 1 heterocycles. The smallest absolute Gasteiger partial charge is 0.303 e. The lowest BCUT2D eigenvalue weighted by Crippen LogP contribution is -2.30. The van der Waals surface area contributed by atoms with E-state index in [1.165, 1.54) is 45.1 Å². The van der Waals surface area contributed by atoms with Gasteiger partial charge in [0, 0.05) is 5.97 Å². The maximum Gasteiger partial charge on any atom is 0.303 e. The zero-order chi connectivity index (χ0) is 20.4. The summed E-state index contributed by atoms with van der Waals surface area (Å²) in [6, 6.07) is 0. The molecular weight excluding hydrogens is 340 g/mol. The second kappa shape index (κ2) is 17.4. The van der Waals surface area contributed by atoms with Crippen LogP contribution >= 0.6 is 0 Å². The monoisotopic (exact) mass is 372 g/mol. The minimum Gasteiger partial charge on any atom is -0.550 e. The molecule has 0 atom stereocenters. The molecule has 0 spiro atoms. The van der Waals surface area contributed by atoms with Gasteiger partial charge in [-0.25, -0.2) is 9.13 Å². The van der Waals surface area contributed by atoms with Gasteiger partial charge in [0.05, 0.1) is 26.4 Å². The number of hydrogen-bond donors (Lipinski definition) is 2. The first kappa shape index (κ1) is 25.9. The predicted octanol–water partition coefficient (Wildman–Crippen LogP) is 1.37. The van der Waals surface area contributed by atoms with Crippen molar-refractivity contribution in [2.45, 2.75) is 71.8 Å². The zero-order valence-electron chi connectivity index (χ0n) is 16.0. The fourth-order valence-corrected chi connectivity index (χ4v) is 1.92. The second-order valence-corrected chi connectivity index (χ2v) is 5.86. The molecule has 0 fully saturated rings. The van der Waals surface area contributed by atoms with Crippen molar-refractivity contribution in [1.82, 2.24) is 4.57 Å². The average molecular weight is 372 g/mol. The van der Waals surface area contributed by atoms with Gasteiger partial charge in [0.25, 0.3) is 0 Å². The topological polar surface area (TPSA) is 124 Å². The molecule has 0 radical (unpaired) electrons. The van der Waals surface area contributed by atoms with Crippen molar-refractivity contribution >= 4 is 17.9 Å². The van der Waals surface area contributed by atoms with Gasteiger partial charge in [-0.1, -0.05) is 32.6 Å². The second-order valence-electron chi connectivity index (χ2n) is 5.86. The highest BCUT2D eigenvalue weighted by atomic mass is 16.4. The van der Waals surface area contributed by atoms with Gasteiger partial charge < -0.3 is 20.1 Å². The lowest BCUT2D eigenvalue weighted by Gasteiger charge is -1.98. The van der Waals surface area contributed by atoms with Gasteiger partial charge in [0.15, 0.2) is 0 Å². The van der Waals surface area contributed by atoms with Crippen molar-refractivity contribution in [2.75, 3.05) is 0 Å². The SMILES string of the molecule is CC(=O)[O-].CCCCCCCC[n+]1ccn(C)c1.O=C(O)CCC(=O)O. The summed E-state index contributed by atoms with van der Waals surface area (Å²) in [5, 5.41) is 24.7. The molecule has 0 unspecified atom stereocenters. The van der Waals surface area contributed by atoms with Crippen LogP contribution in [0.4, 0.5) is 0 Å². The molecule has 0 amide bonds. The summed E-state index contributed by atoms with van der Waals surface area (Å²) < 4.78 is 4.36. The van der Waals surface area contributed by atoms with E-state index in [0.717, 1.165) is 6.92 Å². The predicted molar refractivity (Wildman–Crippen MR) is 94.2 cm³/mol. The third kappa shape index (κ3) is 23.9.